The molecule has 31 heavy (non-hydrogen) atoms. The van der Waals surface area contributed by atoms with Gasteiger partial charge in [-0.25, -0.2) is 4.79 Å². The van der Waals surface area contributed by atoms with Crippen molar-refractivity contribution in [3.63, 3.8) is 0 Å². The Labute approximate surface area is 179 Å². The fraction of sp³-hybridized carbons (Fsp3) is 0.304. The number of hydrogen-bond donors (Lipinski definition) is 2. The van der Waals surface area contributed by atoms with Crippen molar-refractivity contribution in [1.29, 1.82) is 0 Å². The molecular weight excluding hydrogens is 398 g/mol. The third-order valence-corrected chi connectivity index (χ3v) is 5.63. The van der Waals surface area contributed by atoms with Crippen molar-refractivity contribution in [2.75, 3.05) is 13.2 Å². The van der Waals surface area contributed by atoms with Crippen LogP contribution in [-0.2, 0) is 37.6 Å². The summed E-state index contributed by atoms with van der Waals surface area (Å²) in [5.74, 6) is -1.75. The Kier molecular flexibility index (Phi) is 5.70. The number of nitrogens with one attached hydrogen (secondary N) is 2. The maximum absolute atomic E-state index is 13.1. The van der Waals surface area contributed by atoms with E-state index in [1.165, 1.54) is 0 Å². The second kappa shape index (κ2) is 8.59. The predicted molar refractivity (Wildman–Crippen MR) is 111 cm³/mol. The predicted octanol–water partition coefficient (Wildman–Crippen LogP) is 1.63. The summed E-state index contributed by atoms with van der Waals surface area (Å²) in [5, 5.41) is 5.43. The van der Waals surface area contributed by atoms with Crippen molar-refractivity contribution < 1.29 is 23.9 Å². The minimum absolute atomic E-state index is 0.312. The Morgan fingerprint density at radius 1 is 1.06 bits per heavy atom. The molecule has 8 heteroatoms. The molecular formula is C23H23N3O5. The van der Waals surface area contributed by atoms with Crippen LogP contribution in [0.15, 0.2) is 54.6 Å². The van der Waals surface area contributed by atoms with Gasteiger partial charge in [0.1, 0.15) is 12.1 Å². The first-order valence-electron chi connectivity index (χ1n) is 10.2. The van der Waals surface area contributed by atoms with Crippen LogP contribution in [0.1, 0.15) is 29.5 Å². The fourth-order valence-electron chi connectivity index (χ4n) is 4.12. The van der Waals surface area contributed by atoms with Crippen molar-refractivity contribution in [3.05, 3.63) is 71.3 Å². The average Bonchev–Trinajstić information content (AvgIpc) is 3.02. The highest BCUT2D eigenvalue weighted by molar-refractivity contribution is 6.09. The van der Waals surface area contributed by atoms with Gasteiger partial charge in [0.15, 0.2) is 6.61 Å². The minimum atomic E-state index is -1.14. The van der Waals surface area contributed by atoms with Crippen LogP contribution in [0.3, 0.4) is 0 Å². The van der Waals surface area contributed by atoms with Gasteiger partial charge in [0.25, 0.3) is 11.8 Å². The molecule has 1 saturated heterocycles. The minimum Gasteiger partial charge on any atom is -0.454 e. The summed E-state index contributed by atoms with van der Waals surface area (Å²) in [4.78, 5) is 50.6. The average molecular weight is 421 g/mol. The van der Waals surface area contributed by atoms with E-state index in [9.17, 15) is 19.2 Å². The molecule has 160 valence electrons. The van der Waals surface area contributed by atoms with E-state index in [2.05, 4.69) is 10.6 Å². The summed E-state index contributed by atoms with van der Waals surface area (Å²) in [7, 11) is 0. The van der Waals surface area contributed by atoms with E-state index < -0.39 is 42.5 Å². The van der Waals surface area contributed by atoms with Crippen LogP contribution in [0.5, 0.6) is 0 Å². The largest absolute Gasteiger partial charge is 0.454 e. The maximum Gasteiger partial charge on any atom is 0.326 e. The summed E-state index contributed by atoms with van der Waals surface area (Å²) < 4.78 is 4.97. The lowest BCUT2D eigenvalue weighted by atomic mass is 9.76. The molecule has 1 spiro atoms. The van der Waals surface area contributed by atoms with E-state index in [0.717, 1.165) is 34.4 Å². The molecule has 0 unspecified atom stereocenters. The number of esters is 1. The van der Waals surface area contributed by atoms with Gasteiger partial charge in [-0.15, -0.1) is 0 Å². The van der Waals surface area contributed by atoms with Crippen LogP contribution >= 0.6 is 0 Å². The third-order valence-electron chi connectivity index (χ3n) is 5.63. The molecule has 4 rings (SSSR count). The molecule has 1 heterocycles. The van der Waals surface area contributed by atoms with Gasteiger partial charge in [-0.2, -0.15) is 0 Å². The Morgan fingerprint density at radius 3 is 2.61 bits per heavy atom. The summed E-state index contributed by atoms with van der Waals surface area (Å²) in [6, 6.07) is 16.2. The Hall–Kier alpha value is -3.68. The van der Waals surface area contributed by atoms with E-state index in [0.29, 0.717) is 13.0 Å². The van der Waals surface area contributed by atoms with Crippen molar-refractivity contribution in [3.8, 4) is 0 Å². The molecule has 0 bridgehead atoms. The fourth-order valence-corrected chi connectivity index (χ4v) is 4.12. The van der Waals surface area contributed by atoms with Gasteiger partial charge in [-0.3, -0.25) is 19.3 Å². The van der Waals surface area contributed by atoms with Crippen molar-refractivity contribution in [2.24, 2.45) is 0 Å². The molecule has 2 aromatic rings. The molecule has 8 nitrogen and oxygen atoms in total. The van der Waals surface area contributed by atoms with Crippen molar-refractivity contribution in [1.82, 2.24) is 15.5 Å². The smallest absolute Gasteiger partial charge is 0.326 e. The van der Waals surface area contributed by atoms with E-state index in [-0.39, 0.29) is 0 Å². The van der Waals surface area contributed by atoms with E-state index in [4.69, 9.17) is 4.74 Å². The van der Waals surface area contributed by atoms with Crippen LogP contribution in [0.4, 0.5) is 4.79 Å². The van der Waals surface area contributed by atoms with Crippen molar-refractivity contribution in [2.45, 2.75) is 31.3 Å². The Balaban J connectivity index is 1.33. The molecule has 1 aliphatic carbocycles. The number of amides is 4. The Bertz CT molecular complexity index is 1020. The van der Waals surface area contributed by atoms with Gasteiger partial charge >= 0.3 is 12.0 Å². The topological polar surface area (TPSA) is 105 Å². The number of ether oxygens (including phenoxy) is 1. The number of urea groups is 1. The molecule has 1 aliphatic heterocycles. The molecule has 4 amide bonds. The number of aryl methyl sites for hydroxylation is 1. The van der Waals surface area contributed by atoms with Crippen LogP contribution in [0.2, 0.25) is 0 Å². The number of carbonyl (C=O) groups excluding carboxylic acids is 4. The number of nitrogens with zero attached hydrogens (tertiary/aromatic N) is 1. The normalized spacial score (nSPS) is 19.7. The molecule has 2 aromatic carbocycles. The van der Waals surface area contributed by atoms with Gasteiger partial charge < -0.3 is 15.4 Å². The van der Waals surface area contributed by atoms with Crippen LogP contribution in [0.25, 0.3) is 0 Å². The Morgan fingerprint density at radius 2 is 1.81 bits per heavy atom. The molecule has 0 aromatic heterocycles. The highest BCUT2D eigenvalue weighted by Crippen LogP contribution is 2.39. The van der Waals surface area contributed by atoms with Crippen LogP contribution < -0.4 is 10.6 Å². The lowest BCUT2D eigenvalue weighted by Crippen LogP contribution is -2.46. The maximum atomic E-state index is 13.1. The zero-order valence-corrected chi connectivity index (χ0v) is 16.9. The molecule has 0 saturated carbocycles. The summed E-state index contributed by atoms with van der Waals surface area (Å²) in [5.41, 5.74) is 1.57. The van der Waals surface area contributed by atoms with Gasteiger partial charge in [-0.05, 0) is 36.0 Å². The number of imide groups is 1. The molecule has 1 fully saturated rings. The standard InChI is InChI=1S/C23H23N3O5/c27-19(24-13-16-7-2-1-3-8-16)15-31-20(28)14-26-21(29)23(25-22(26)30)12-6-10-17-9-4-5-11-18(17)23/h1-5,7-9,11H,6,10,12-15H2,(H,24,27)(H,25,30)/t23-/m1/s1. The van der Waals surface area contributed by atoms with Crippen LogP contribution in [-0.4, -0.2) is 41.9 Å². The number of fused-ring (bicyclic) bond motifs is 2. The monoisotopic (exact) mass is 421 g/mol. The second-order valence-corrected chi connectivity index (χ2v) is 7.66. The second-order valence-electron chi connectivity index (χ2n) is 7.66. The number of benzene rings is 2. The molecule has 1 atom stereocenters. The lowest BCUT2D eigenvalue weighted by Gasteiger charge is -2.33. The third kappa shape index (κ3) is 4.14. The quantitative estimate of drug-likeness (QED) is 0.545. The SMILES string of the molecule is O=C(COC(=O)CN1C(=O)N[C@@]2(CCCc3ccccc32)C1=O)NCc1ccccc1. The van der Waals surface area contributed by atoms with Gasteiger partial charge in [-0.1, -0.05) is 54.6 Å². The first kappa shape index (κ1) is 20.6. The molecule has 0 radical (unpaired) electrons. The lowest BCUT2D eigenvalue weighted by molar-refractivity contribution is -0.151. The van der Waals surface area contributed by atoms with Gasteiger partial charge in [0.2, 0.25) is 0 Å². The first-order valence-corrected chi connectivity index (χ1v) is 10.2. The number of hydrogen-bond acceptors (Lipinski definition) is 5. The van der Waals surface area contributed by atoms with Crippen molar-refractivity contribution >= 4 is 23.8 Å². The van der Waals surface area contributed by atoms with E-state index in [1.807, 2.05) is 54.6 Å². The number of rotatable bonds is 6. The van der Waals surface area contributed by atoms with E-state index >= 15 is 0 Å². The van der Waals surface area contributed by atoms with Gasteiger partial charge in [0, 0.05) is 6.54 Å². The van der Waals surface area contributed by atoms with Gasteiger partial charge in [0.05, 0.1) is 0 Å². The first-order chi connectivity index (χ1) is 15.0. The van der Waals surface area contributed by atoms with Crippen LogP contribution in [0, 0.1) is 0 Å². The summed E-state index contributed by atoms with van der Waals surface area (Å²) >= 11 is 0. The zero-order chi connectivity index (χ0) is 21.8. The zero-order valence-electron chi connectivity index (χ0n) is 16.9. The summed E-state index contributed by atoms with van der Waals surface area (Å²) in [6.45, 7) is -0.712. The molecule has 2 N–H and O–H groups in total. The van der Waals surface area contributed by atoms with E-state index in [1.54, 1.807) is 0 Å². The molecule has 2 aliphatic rings. The highest BCUT2D eigenvalue weighted by Gasteiger charge is 2.54. The summed E-state index contributed by atoms with van der Waals surface area (Å²) in [6.07, 6.45) is 2.06. The number of carbonyl (C=O) groups is 4. The highest BCUT2D eigenvalue weighted by atomic mass is 16.5.